The van der Waals surface area contributed by atoms with Crippen LogP contribution in [0.25, 0.3) is 10.6 Å². The molecule has 0 spiro atoms. The van der Waals surface area contributed by atoms with Gasteiger partial charge in [0, 0.05) is 17.5 Å². The van der Waals surface area contributed by atoms with Crippen LogP contribution in [0.3, 0.4) is 0 Å². The first-order chi connectivity index (χ1) is 12.6. The minimum atomic E-state index is -0.784. The fourth-order valence-electron chi connectivity index (χ4n) is 3.65. The van der Waals surface area contributed by atoms with E-state index in [1.807, 2.05) is 35.7 Å². The van der Waals surface area contributed by atoms with Crippen LogP contribution in [0.4, 0.5) is 0 Å². The molecule has 1 aliphatic carbocycles. The average molecular weight is 372 g/mol. The first-order valence-corrected chi connectivity index (χ1v) is 9.93. The van der Waals surface area contributed by atoms with Crippen LogP contribution in [0, 0.1) is 5.41 Å². The molecule has 0 saturated heterocycles. The summed E-state index contributed by atoms with van der Waals surface area (Å²) in [4.78, 5) is 28.1. The highest BCUT2D eigenvalue weighted by molar-refractivity contribution is 7.13. The minimum absolute atomic E-state index is 0.0924. The highest BCUT2D eigenvalue weighted by Crippen LogP contribution is 2.38. The van der Waals surface area contributed by atoms with Crippen LogP contribution in [0.2, 0.25) is 0 Å². The van der Waals surface area contributed by atoms with Crippen molar-refractivity contribution in [2.45, 2.75) is 44.9 Å². The lowest BCUT2D eigenvalue weighted by atomic mass is 9.71. The summed E-state index contributed by atoms with van der Waals surface area (Å²) in [7, 11) is 0. The number of aliphatic carboxylic acids is 1. The SMILES string of the molecule is O=C(O)CC1(CNC(=O)Cc2csc(-c3ccccc3)n2)CCCCC1. The Morgan fingerprint density at radius 3 is 2.58 bits per heavy atom. The number of hydrogen-bond acceptors (Lipinski definition) is 4. The topological polar surface area (TPSA) is 79.3 Å². The van der Waals surface area contributed by atoms with E-state index in [1.54, 1.807) is 0 Å². The van der Waals surface area contributed by atoms with Gasteiger partial charge in [-0.15, -0.1) is 11.3 Å². The minimum Gasteiger partial charge on any atom is -0.481 e. The highest BCUT2D eigenvalue weighted by atomic mass is 32.1. The van der Waals surface area contributed by atoms with Crippen molar-refractivity contribution in [1.29, 1.82) is 0 Å². The Morgan fingerprint density at radius 2 is 1.88 bits per heavy atom. The molecule has 0 aliphatic heterocycles. The summed E-state index contributed by atoms with van der Waals surface area (Å²) in [5.74, 6) is -0.876. The van der Waals surface area contributed by atoms with Crippen molar-refractivity contribution in [3.8, 4) is 10.6 Å². The highest BCUT2D eigenvalue weighted by Gasteiger charge is 2.34. The molecule has 1 aliphatic rings. The maximum absolute atomic E-state index is 12.3. The number of carboxylic acids is 1. The molecule has 3 rings (SSSR count). The zero-order valence-corrected chi connectivity index (χ0v) is 15.6. The molecule has 0 bridgehead atoms. The van der Waals surface area contributed by atoms with Crippen molar-refractivity contribution in [3.63, 3.8) is 0 Å². The smallest absolute Gasteiger partial charge is 0.303 e. The van der Waals surface area contributed by atoms with E-state index in [4.69, 9.17) is 0 Å². The first-order valence-electron chi connectivity index (χ1n) is 9.05. The molecule has 0 unspecified atom stereocenters. The summed E-state index contributed by atoms with van der Waals surface area (Å²) in [6.45, 7) is 0.438. The quantitative estimate of drug-likeness (QED) is 0.773. The Balaban J connectivity index is 1.57. The number of nitrogens with zero attached hydrogens (tertiary/aromatic N) is 1. The molecule has 0 atom stereocenters. The zero-order chi connectivity index (χ0) is 18.4. The third kappa shape index (κ3) is 4.91. The third-order valence-corrected chi connectivity index (χ3v) is 5.96. The lowest BCUT2D eigenvalue weighted by Gasteiger charge is -2.36. The molecule has 1 aromatic carbocycles. The van der Waals surface area contributed by atoms with Crippen LogP contribution in [-0.4, -0.2) is 28.5 Å². The first kappa shape index (κ1) is 18.6. The Hall–Kier alpha value is -2.21. The molecule has 26 heavy (non-hydrogen) atoms. The number of hydrogen-bond donors (Lipinski definition) is 2. The third-order valence-electron chi connectivity index (χ3n) is 5.02. The van der Waals surface area contributed by atoms with Crippen LogP contribution in [0.1, 0.15) is 44.2 Å². The Bertz CT molecular complexity index is 751. The monoisotopic (exact) mass is 372 g/mol. The van der Waals surface area contributed by atoms with Crippen molar-refractivity contribution < 1.29 is 14.7 Å². The van der Waals surface area contributed by atoms with Crippen molar-refractivity contribution in [3.05, 3.63) is 41.4 Å². The number of benzene rings is 1. The second-order valence-corrected chi connectivity index (χ2v) is 7.95. The predicted octanol–water partition coefficient (Wildman–Crippen LogP) is 3.89. The molecule has 1 fully saturated rings. The van der Waals surface area contributed by atoms with Crippen LogP contribution in [-0.2, 0) is 16.0 Å². The molecule has 5 nitrogen and oxygen atoms in total. The number of carbonyl (C=O) groups is 2. The van der Waals surface area contributed by atoms with Gasteiger partial charge in [-0.05, 0) is 18.3 Å². The van der Waals surface area contributed by atoms with Gasteiger partial charge in [0.25, 0.3) is 0 Å². The van der Waals surface area contributed by atoms with Crippen molar-refractivity contribution in [1.82, 2.24) is 10.3 Å². The number of nitrogens with one attached hydrogen (secondary N) is 1. The number of thiazole rings is 1. The molecule has 138 valence electrons. The van der Waals surface area contributed by atoms with Crippen LogP contribution < -0.4 is 5.32 Å². The molecule has 0 radical (unpaired) electrons. The van der Waals surface area contributed by atoms with E-state index < -0.39 is 5.97 Å². The second-order valence-electron chi connectivity index (χ2n) is 7.09. The molecule has 1 heterocycles. The van der Waals surface area contributed by atoms with Crippen LogP contribution >= 0.6 is 11.3 Å². The van der Waals surface area contributed by atoms with E-state index in [1.165, 1.54) is 11.3 Å². The lowest BCUT2D eigenvalue weighted by Crippen LogP contribution is -2.41. The Labute approximate surface area is 157 Å². The van der Waals surface area contributed by atoms with Crippen LogP contribution in [0.5, 0.6) is 0 Å². The average Bonchev–Trinajstić information content (AvgIpc) is 3.09. The molecule has 1 aromatic heterocycles. The number of carbonyl (C=O) groups excluding carboxylic acids is 1. The number of carboxylic acid groups (broad SMARTS) is 1. The van der Waals surface area contributed by atoms with Gasteiger partial charge in [-0.3, -0.25) is 9.59 Å². The Kier molecular flexibility index (Phi) is 6.04. The van der Waals surface area contributed by atoms with Gasteiger partial charge < -0.3 is 10.4 Å². The van der Waals surface area contributed by atoms with E-state index in [-0.39, 0.29) is 24.2 Å². The van der Waals surface area contributed by atoms with Gasteiger partial charge in [0.2, 0.25) is 5.91 Å². The van der Waals surface area contributed by atoms with Crippen molar-refractivity contribution in [2.75, 3.05) is 6.54 Å². The fourth-order valence-corrected chi connectivity index (χ4v) is 4.48. The molecular weight excluding hydrogens is 348 g/mol. The standard InChI is InChI=1S/C20H24N2O3S/c23-17(21-14-20(12-18(24)25)9-5-2-6-10-20)11-16-13-26-19(22-16)15-7-3-1-4-8-15/h1,3-4,7-8,13H,2,5-6,9-12,14H2,(H,21,23)(H,24,25). The summed E-state index contributed by atoms with van der Waals surface area (Å²) in [6.07, 6.45) is 5.32. The molecule has 1 amide bonds. The van der Waals surface area contributed by atoms with Crippen molar-refractivity contribution in [2.24, 2.45) is 5.41 Å². The van der Waals surface area contributed by atoms with Gasteiger partial charge in [-0.1, -0.05) is 49.6 Å². The number of amides is 1. The summed E-state index contributed by atoms with van der Waals surface area (Å²) >= 11 is 1.53. The molecule has 1 saturated carbocycles. The summed E-state index contributed by atoms with van der Waals surface area (Å²) in [5, 5.41) is 15.0. The van der Waals surface area contributed by atoms with E-state index >= 15 is 0 Å². The van der Waals surface area contributed by atoms with Gasteiger partial charge in [0.15, 0.2) is 0 Å². The summed E-state index contributed by atoms with van der Waals surface area (Å²) in [6, 6.07) is 9.90. The second kappa shape index (κ2) is 8.45. The van der Waals surface area contributed by atoms with Gasteiger partial charge >= 0.3 is 5.97 Å². The van der Waals surface area contributed by atoms with E-state index in [9.17, 15) is 14.7 Å². The summed E-state index contributed by atoms with van der Waals surface area (Å²) < 4.78 is 0. The van der Waals surface area contributed by atoms with Crippen LogP contribution in [0.15, 0.2) is 35.7 Å². The fraction of sp³-hybridized carbons (Fsp3) is 0.450. The largest absolute Gasteiger partial charge is 0.481 e. The molecule has 6 heteroatoms. The van der Waals surface area contributed by atoms with Crippen molar-refractivity contribution >= 4 is 23.2 Å². The Morgan fingerprint density at radius 1 is 1.15 bits per heavy atom. The number of rotatable bonds is 7. The normalized spacial score (nSPS) is 16.2. The zero-order valence-electron chi connectivity index (χ0n) is 14.7. The number of aromatic nitrogens is 1. The molecule has 2 aromatic rings. The summed E-state index contributed by atoms with van der Waals surface area (Å²) in [5.41, 5.74) is 1.51. The van der Waals surface area contributed by atoms with Gasteiger partial charge in [0.05, 0.1) is 18.5 Å². The molecule has 2 N–H and O–H groups in total. The van der Waals surface area contributed by atoms with Gasteiger partial charge in [-0.2, -0.15) is 0 Å². The predicted molar refractivity (Wildman–Crippen MR) is 102 cm³/mol. The maximum Gasteiger partial charge on any atom is 0.303 e. The molecular formula is C20H24N2O3S. The maximum atomic E-state index is 12.3. The van der Waals surface area contributed by atoms with E-state index in [0.717, 1.165) is 48.4 Å². The van der Waals surface area contributed by atoms with E-state index in [0.29, 0.717) is 6.54 Å². The lowest BCUT2D eigenvalue weighted by molar-refractivity contribution is -0.140. The van der Waals surface area contributed by atoms with E-state index in [2.05, 4.69) is 10.3 Å². The van der Waals surface area contributed by atoms with Gasteiger partial charge in [0.1, 0.15) is 5.01 Å². The van der Waals surface area contributed by atoms with Gasteiger partial charge in [-0.25, -0.2) is 4.98 Å².